The lowest BCUT2D eigenvalue weighted by Crippen LogP contribution is -2.06. The molecule has 1 aromatic rings. The average molecular weight is 214 g/mol. The molecule has 0 amide bonds. The number of nitrogens with zero attached hydrogens (tertiary/aromatic N) is 1. The molecule has 6 nitrogen and oxygen atoms in total. The van der Waals surface area contributed by atoms with Gasteiger partial charge in [-0.2, -0.15) is 0 Å². The fourth-order valence-corrected chi connectivity index (χ4v) is 1.28. The van der Waals surface area contributed by atoms with Crippen molar-refractivity contribution in [3.63, 3.8) is 0 Å². The van der Waals surface area contributed by atoms with Crippen LogP contribution >= 0.6 is 12.6 Å². The minimum absolute atomic E-state index is 0.0124. The van der Waals surface area contributed by atoms with Crippen molar-refractivity contribution in [2.24, 2.45) is 0 Å². The van der Waals surface area contributed by atoms with Gasteiger partial charge in [0.05, 0.1) is 4.92 Å². The lowest BCUT2D eigenvalue weighted by atomic mass is 10.1. The zero-order chi connectivity index (χ0) is 10.9. The lowest BCUT2D eigenvalue weighted by molar-refractivity contribution is -0.384. The number of aromatic carboxylic acids is 1. The number of carboxylic acids is 1. The zero-order valence-electron chi connectivity index (χ0n) is 6.80. The number of nitrogen functional groups attached to an aromatic ring is 1. The molecule has 0 radical (unpaired) electrons. The van der Waals surface area contributed by atoms with E-state index < -0.39 is 22.1 Å². The summed E-state index contributed by atoms with van der Waals surface area (Å²) in [5.74, 6) is -1.42. The number of carbonyl (C=O) groups is 1. The molecular weight excluding hydrogens is 208 g/mol. The Morgan fingerprint density at radius 3 is 2.50 bits per heavy atom. The van der Waals surface area contributed by atoms with Gasteiger partial charge >= 0.3 is 11.7 Å². The average Bonchev–Trinajstić information content (AvgIpc) is 2.07. The molecule has 0 aliphatic heterocycles. The maximum atomic E-state index is 10.7. The van der Waals surface area contributed by atoms with Crippen LogP contribution in [0.2, 0.25) is 0 Å². The van der Waals surface area contributed by atoms with Gasteiger partial charge < -0.3 is 10.8 Å². The summed E-state index contributed by atoms with van der Waals surface area (Å²) in [5.41, 5.74) is 3.99. The SMILES string of the molecule is Nc1ccc(S)c(C(=O)O)c1[N+](=O)[O-]. The number of carboxylic acid groups (broad SMARTS) is 1. The molecule has 14 heavy (non-hydrogen) atoms. The van der Waals surface area contributed by atoms with Crippen LogP contribution in [0.1, 0.15) is 10.4 Å². The molecule has 0 saturated heterocycles. The van der Waals surface area contributed by atoms with Crippen molar-refractivity contribution in [3.05, 3.63) is 27.8 Å². The molecule has 0 aromatic heterocycles. The number of rotatable bonds is 2. The van der Waals surface area contributed by atoms with Crippen LogP contribution in [0.4, 0.5) is 11.4 Å². The normalized spacial score (nSPS) is 9.79. The Morgan fingerprint density at radius 2 is 2.14 bits per heavy atom. The van der Waals surface area contributed by atoms with Crippen molar-refractivity contribution in [1.82, 2.24) is 0 Å². The van der Waals surface area contributed by atoms with E-state index in [-0.39, 0.29) is 10.6 Å². The Labute approximate surface area is 83.9 Å². The first kappa shape index (κ1) is 10.3. The van der Waals surface area contributed by atoms with Crippen LogP contribution in [-0.4, -0.2) is 16.0 Å². The fourth-order valence-electron chi connectivity index (χ4n) is 1.00. The van der Waals surface area contributed by atoms with E-state index in [0.29, 0.717) is 0 Å². The predicted molar refractivity (Wildman–Crippen MR) is 51.7 cm³/mol. The summed E-state index contributed by atoms with van der Waals surface area (Å²) in [4.78, 5) is 20.4. The van der Waals surface area contributed by atoms with Gasteiger partial charge in [-0.05, 0) is 12.1 Å². The van der Waals surface area contributed by atoms with Gasteiger partial charge in [-0.3, -0.25) is 10.1 Å². The number of nitro groups is 1. The molecule has 0 aliphatic carbocycles. The van der Waals surface area contributed by atoms with Crippen molar-refractivity contribution in [3.8, 4) is 0 Å². The van der Waals surface area contributed by atoms with E-state index in [1.54, 1.807) is 0 Å². The lowest BCUT2D eigenvalue weighted by Gasteiger charge is -2.03. The molecule has 74 valence electrons. The second kappa shape index (κ2) is 3.54. The molecule has 1 aromatic carbocycles. The van der Waals surface area contributed by atoms with Gasteiger partial charge in [0.15, 0.2) is 5.56 Å². The molecule has 1 rings (SSSR count). The summed E-state index contributed by atoms with van der Waals surface area (Å²) in [7, 11) is 0. The van der Waals surface area contributed by atoms with Crippen LogP contribution < -0.4 is 5.73 Å². The molecule has 0 atom stereocenters. The highest BCUT2D eigenvalue weighted by Crippen LogP contribution is 2.30. The van der Waals surface area contributed by atoms with Gasteiger partial charge in [0.1, 0.15) is 5.69 Å². The first-order valence-corrected chi connectivity index (χ1v) is 3.89. The molecule has 0 spiro atoms. The Bertz CT molecular complexity index is 379. The number of benzene rings is 1. The van der Waals surface area contributed by atoms with Crippen LogP contribution in [0.15, 0.2) is 17.0 Å². The predicted octanol–water partition coefficient (Wildman–Crippen LogP) is 1.16. The maximum Gasteiger partial charge on any atom is 0.343 e. The minimum atomic E-state index is -1.42. The minimum Gasteiger partial charge on any atom is -0.477 e. The third-order valence-electron chi connectivity index (χ3n) is 1.58. The van der Waals surface area contributed by atoms with Gasteiger partial charge in [0, 0.05) is 4.90 Å². The first-order chi connectivity index (χ1) is 6.45. The molecule has 0 unspecified atom stereocenters. The van der Waals surface area contributed by atoms with Crippen molar-refractivity contribution in [1.29, 1.82) is 0 Å². The van der Waals surface area contributed by atoms with Crippen molar-refractivity contribution >= 4 is 30.0 Å². The van der Waals surface area contributed by atoms with Crippen molar-refractivity contribution < 1.29 is 14.8 Å². The van der Waals surface area contributed by atoms with Crippen LogP contribution in [0.25, 0.3) is 0 Å². The number of nitro benzene ring substituents is 1. The standard InChI is InChI=1S/C7H6N2O4S/c8-3-1-2-4(14)5(7(10)11)6(3)9(12)13/h1-2,14H,8H2,(H,10,11). The van der Waals surface area contributed by atoms with Gasteiger partial charge in [0.25, 0.3) is 0 Å². The summed E-state index contributed by atoms with van der Waals surface area (Å²) in [6.45, 7) is 0. The van der Waals surface area contributed by atoms with E-state index >= 15 is 0 Å². The highest BCUT2D eigenvalue weighted by Gasteiger charge is 2.25. The molecule has 0 saturated carbocycles. The molecule has 0 fully saturated rings. The van der Waals surface area contributed by atoms with E-state index in [4.69, 9.17) is 10.8 Å². The first-order valence-electron chi connectivity index (χ1n) is 3.44. The second-order valence-corrected chi connectivity index (χ2v) is 2.94. The summed E-state index contributed by atoms with van der Waals surface area (Å²) in [6.07, 6.45) is 0. The number of hydrogen-bond acceptors (Lipinski definition) is 5. The molecule has 7 heteroatoms. The number of anilines is 1. The summed E-state index contributed by atoms with van der Waals surface area (Å²) >= 11 is 3.81. The van der Waals surface area contributed by atoms with Crippen LogP contribution in [0, 0.1) is 10.1 Å². The highest BCUT2D eigenvalue weighted by atomic mass is 32.1. The maximum absolute atomic E-state index is 10.7. The summed E-state index contributed by atoms with van der Waals surface area (Å²) in [5, 5.41) is 19.2. The third-order valence-corrected chi connectivity index (χ3v) is 1.96. The van der Waals surface area contributed by atoms with E-state index in [0.717, 1.165) is 0 Å². The topological polar surface area (TPSA) is 106 Å². The quantitative estimate of drug-likeness (QED) is 0.296. The van der Waals surface area contributed by atoms with Crippen LogP contribution in [0.5, 0.6) is 0 Å². The van der Waals surface area contributed by atoms with E-state index in [1.165, 1.54) is 12.1 Å². The largest absolute Gasteiger partial charge is 0.477 e. The van der Waals surface area contributed by atoms with Crippen LogP contribution in [0.3, 0.4) is 0 Å². The van der Waals surface area contributed by atoms with Gasteiger partial charge in [-0.1, -0.05) is 0 Å². The highest BCUT2D eigenvalue weighted by molar-refractivity contribution is 7.80. The van der Waals surface area contributed by atoms with Gasteiger partial charge in [-0.15, -0.1) is 12.6 Å². The summed E-state index contributed by atoms with van der Waals surface area (Å²) < 4.78 is 0. The zero-order valence-corrected chi connectivity index (χ0v) is 7.69. The molecule has 0 aliphatic rings. The van der Waals surface area contributed by atoms with Crippen molar-refractivity contribution in [2.45, 2.75) is 4.90 Å². The fraction of sp³-hybridized carbons (Fsp3) is 0. The van der Waals surface area contributed by atoms with Gasteiger partial charge in [0.2, 0.25) is 0 Å². The molecule has 0 heterocycles. The Hall–Kier alpha value is -1.76. The number of thiol groups is 1. The summed E-state index contributed by atoms with van der Waals surface area (Å²) in [6, 6.07) is 2.54. The van der Waals surface area contributed by atoms with E-state index in [9.17, 15) is 14.9 Å². The van der Waals surface area contributed by atoms with Gasteiger partial charge in [-0.25, -0.2) is 4.79 Å². The Morgan fingerprint density at radius 1 is 1.57 bits per heavy atom. The van der Waals surface area contributed by atoms with E-state index in [2.05, 4.69) is 12.6 Å². The number of hydrogen-bond donors (Lipinski definition) is 3. The third kappa shape index (κ3) is 1.62. The Kier molecular flexibility index (Phi) is 2.61. The second-order valence-electron chi connectivity index (χ2n) is 2.46. The smallest absolute Gasteiger partial charge is 0.343 e. The van der Waals surface area contributed by atoms with Crippen molar-refractivity contribution in [2.75, 3.05) is 5.73 Å². The molecule has 0 bridgehead atoms. The molecule has 3 N–H and O–H groups in total. The monoisotopic (exact) mass is 214 g/mol. The Balaban J connectivity index is 3.58. The van der Waals surface area contributed by atoms with E-state index in [1.807, 2.05) is 0 Å². The number of nitrogens with two attached hydrogens (primary N) is 1. The van der Waals surface area contributed by atoms with Crippen LogP contribution in [-0.2, 0) is 0 Å². The molecular formula is C7H6N2O4S.